The van der Waals surface area contributed by atoms with Crippen molar-refractivity contribution in [3.05, 3.63) is 16.1 Å². The van der Waals surface area contributed by atoms with Gasteiger partial charge in [0, 0.05) is 18.2 Å². The van der Waals surface area contributed by atoms with Gasteiger partial charge in [-0.05, 0) is 31.1 Å². The minimum absolute atomic E-state index is 0.229. The predicted molar refractivity (Wildman–Crippen MR) is 76.0 cm³/mol. The molecule has 21 heavy (non-hydrogen) atoms. The zero-order valence-corrected chi connectivity index (χ0v) is 13.3. The molecule has 0 spiro atoms. The van der Waals surface area contributed by atoms with E-state index >= 15 is 0 Å². The fraction of sp³-hybridized carbons (Fsp3) is 0.786. The number of aromatic nitrogens is 1. The van der Waals surface area contributed by atoms with Gasteiger partial charge in [0.1, 0.15) is 0 Å². The van der Waals surface area contributed by atoms with Crippen molar-refractivity contribution in [3.8, 4) is 0 Å². The first-order chi connectivity index (χ1) is 9.60. The summed E-state index contributed by atoms with van der Waals surface area (Å²) in [7, 11) is 1.59. The van der Waals surface area contributed by atoms with Crippen LogP contribution in [0.2, 0.25) is 0 Å². The molecule has 1 unspecified atom stereocenters. The molecule has 0 aromatic carbocycles. The fourth-order valence-corrected chi connectivity index (χ4v) is 3.70. The first kappa shape index (κ1) is 16.7. The van der Waals surface area contributed by atoms with Crippen LogP contribution in [-0.2, 0) is 10.9 Å². The van der Waals surface area contributed by atoms with Crippen molar-refractivity contribution in [2.75, 3.05) is 7.11 Å². The first-order valence-corrected chi connectivity index (χ1v) is 7.75. The lowest BCUT2D eigenvalue weighted by atomic mass is 9.68. The second kappa shape index (κ2) is 5.52. The standard InChI is InChI=1S/C14H21F3N2OS/c1-12(2)4-6-13(20-3,7-5-12)10(18)9-8-19-11(21-9)14(15,16)17/h8,10H,4-7,18H2,1-3H3. The fourth-order valence-electron chi connectivity index (χ4n) is 2.81. The number of halogens is 3. The molecule has 0 aliphatic heterocycles. The van der Waals surface area contributed by atoms with E-state index in [2.05, 4.69) is 18.8 Å². The molecule has 0 radical (unpaired) electrons. The van der Waals surface area contributed by atoms with E-state index in [1.54, 1.807) is 7.11 Å². The molecule has 1 aliphatic carbocycles. The van der Waals surface area contributed by atoms with Gasteiger partial charge in [-0.1, -0.05) is 13.8 Å². The number of hydrogen-bond donors (Lipinski definition) is 1. The Morgan fingerprint density at radius 2 is 1.86 bits per heavy atom. The van der Waals surface area contributed by atoms with Crippen LogP contribution in [0.3, 0.4) is 0 Å². The smallest absolute Gasteiger partial charge is 0.376 e. The van der Waals surface area contributed by atoms with Crippen molar-refractivity contribution >= 4 is 11.3 Å². The molecule has 1 aromatic rings. The number of nitrogens with zero attached hydrogens (tertiary/aromatic N) is 1. The molecule has 3 nitrogen and oxygen atoms in total. The number of hydrogen-bond acceptors (Lipinski definition) is 4. The molecule has 2 N–H and O–H groups in total. The van der Waals surface area contributed by atoms with Crippen molar-refractivity contribution < 1.29 is 17.9 Å². The lowest BCUT2D eigenvalue weighted by Crippen LogP contribution is -2.47. The van der Waals surface area contributed by atoms with E-state index in [1.807, 2.05) is 0 Å². The molecule has 1 aliphatic rings. The Bertz CT molecular complexity index is 489. The molecule has 0 bridgehead atoms. The maximum Gasteiger partial charge on any atom is 0.443 e. The van der Waals surface area contributed by atoms with Crippen molar-refractivity contribution in [3.63, 3.8) is 0 Å². The van der Waals surface area contributed by atoms with Gasteiger partial charge in [-0.3, -0.25) is 0 Å². The average Bonchev–Trinajstić information content (AvgIpc) is 2.88. The number of thiazole rings is 1. The summed E-state index contributed by atoms with van der Waals surface area (Å²) in [5, 5.41) is -0.852. The van der Waals surface area contributed by atoms with Crippen molar-refractivity contribution in [1.29, 1.82) is 0 Å². The van der Waals surface area contributed by atoms with E-state index in [0.717, 1.165) is 25.7 Å². The van der Waals surface area contributed by atoms with E-state index in [9.17, 15) is 13.2 Å². The summed E-state index contributed by atoms with van der Waals surface area (Å²) in [5.74, 6) is 0. The SMILES string of the molecule is COC1(C(N)c2cnc(C(F)(F)F)s2)CCC(C)(C)CC1. The average molecular weight is 322 g/mol. The molecular formula is C14H21F3N2OS. The summed E-state index contributed by atoms with van der Waals surface area (Å²) >= 11 is 0.614. The van der Waals surface area contributed by atoms with Crippen LogP contribution in [0.1, 0.15) is 55.5 Å². The molecule has 0 saturated heterocycles. The molecule has 7 heteroatoms. The Balaban J connectivity index is 2.21. The highest BCUT2D eigenvalue weighted by Crippen LogP contribution is 2.47. The number of methoxy groups -OCH3 is 1. The zero-order valence-electron chi connectivity index (χ0n) is 12.5. The van der Waals surface area contributed by atoms with Gasteiger partial charge in [0.25, 0.3) is 0 Å². The third-order valence-electron chi connectivity index (χ3n) is 4.50. The lowest BCUT2D eigenvalue weighted by molar-refractivity contribution is -0.137. The second-order valence-corrected chi connectivity index (χ2v) is 7.54. The van der Waals surface area contributed by atoms with E-state index < -0.39 is 22.8 Å². The van der Waals surface area contributed by atoms with Gasteiger partial charge >= 0.3 is 6.18 Å². The van der Waals surface area contributed by atoms with Crippen LogP contribution < -0.4 is 5.73 Å². The van der Waals surface area contributed by atoms with Gasteiger partial charge in [-0.15, -0.1) is 11.3 Å². The van der Waals surface area contributed by atoms with Gasteiger partial charge in [-0.2, -0.15) is 13.2 Å². The van der Waals surface area contributed by atoms with Crippen molar-refractivity contribution in [2.45, 2.75) is 57.3 Å². The molecule has 0 amide bonds. The van der Waals surface area contributed by atoms with E-state index in [4.69, 9.17) is 10.5 Å². The van der Waals surface area contributed by atoms with Gasteiger partial charge in [0.05, 0.1) is 11.6 Å². The van der Waals surface area contributed by atoms with Gasteiger partial charge in [0.15, 0.2) is 5.01 Å². The quantitative estimate of drug-likeness (QED) is 0.909. The van der Waals surface area contributed by atoms with Crippen LogP contribution in [0.15, 0.2) is 6.20 Å². The zero-order chi connectivity index (χ0) is 15.9. The topological polar surface area (TPSA) is 48.1 Å². The minimum atomic E-state index is -4.42. The third kappa shape index (κ3) is 3.40. The molecule has 2 rings (SSSR count). The van der Waals surface area contributed by atoms with Crippen LogP contribution >= 0.6 is 11.3 Å². The van der Waals surface area contributed by atoms with Crippen LogP contribution in [-0.4, -0.2) is 17.7 Å². The number of alkyl halides is 3. The summed E-state index contributed by atoms with van der Waals surface area (Å²) in [6.07, 6.45) is 0.197. The highest BCUT2D eigenvalue weighted by molar-refractivity contribution is 7.11. The third-order valence-corrected chi connectivity index (χ3v) is 5.62. The monoisotopic (exact) mass is 322 g/mol. The number of ether oxygens (including phenoxy) is 1. The maximum atomic E-state index is 12.7. The lowest BCUT2D eigenvalue weighted by Gasteiger charge is -2.45. The molecule has 1 aromatic heterocycles. The van der Waals surface area contributed by atoms with E-state index in [1.165, 1.54) is 6.20 Å². The maximum absolute atomic E-state index is 12.7. The molecule has 1 heterocycles. The number of rotatable bonds is 3. The minimum Gasteiger partial charge on any atom is -0.376 e. The van der Waals surface area contributed by atoms with Gasteiger partial charge in [0.2, 0.25) is 0 Å². The Kier molecular flexibility index (Phi) is 4.39. The summed E-state index contributed by atoms with van der Waals surface area (Å²) in [6.45, 7) is 4.37. The summed E-state index contributed by atoms with van der Waals surface area (Å²) in [6, 6.07) is -0.577. The Morgan fingerprint density at radius 1 is 1.29 bits per heavy atom. The molecule has 120 valence electrons. The number of nitrogens with two attached hydrogens (primary N) is 1. The van der Waals surface area contributed by atoms with E-state index in [-0.39, 0.29) is 5.41 Å². The summed E-state index contributed by atoms with van der Waals surface area (Å²) in [5.41, 5.74) is 5.87. The Labute approximate surface area is 126 Å². The van der Waals surface area contributed by atoms with Crippen molar-refractivity contribution in [2.24, 2.45) is 11.1 Å². The van der Waals surface area contributed by atoms with Crippen LogP contribution in [0.5, 0.6) is 0 Å². The largest absolute Gasteiger partial charge is 0.443 e. The summed E-state index contributed by atoms with van der Waals surface area (Å²) in [4.78, 5) is 3.89. The van der Waals surface area contributed by atoms with Gasteiger partial charge < -0.3 is 10.5 Å². The first-order valence-electron chi connectivity index (χ1n) is 6.93. The highest BCUT2D eigenvalue weighted by Gasteiger charge is 2.45. The highest BCUT2D eigenvalue weighted by atomic mass is 32.1. The molecule has 1 fully saturated rings. The van der Waals surface area contributed by atoms with Crippen LogP contribution in [0.25, 0.3) is 0 Å². The predicted octanol–water partition coefficient (Wildman–Crippen LogP) is 4.15. The molecular weight excluding hydrogens is 301 g/mol. The Hall–Kier alpha value is -0.660. The van der Waals surface area contributed by atoms with Crippen LogP contribution in [0, 0.1) is 5.41 Å². The second-order valence-electron chi connectivity index (χ2n) is 6.48. The summed E-state index contributed by atoms with van der Waals surface area (Å²) < 4.78 is 43.6. The normalized spacial score (nSPS) is 23.0. The van der Waals surface area contributed by atoms with Gasteiger partial charge in [-0.25, -0.2) is 4.98 Å². The van der Waals surface area contributed by atoms with E-state index in [0.29, 0.717) is 16.2 Å². The van der Waals surface area contributed by atoms with Crippen LogP contribution in [0.4, 0.5) is 13.2 Å². The molecule has 1 atom stereocenters. The molecule has 1 saturated carbocycles. The van der Waals surface area contributed by atoms with Crippen molar-refractivity contribution in [1.82, 2.24) is 4.98 Å². The Morgan fingerprint density at radius 3 is 2.29 bits per heavy atom.